The van der Waals surface area contributed by atoms with Gasteiger partial charge in [0.25, 0.3) is 0 Å². The van der Waals surface area contributed by atoms with E-state index >= 15 is 0 Å². The Kier molecular flexibility index (Phi) is 4.14. The van der Waals surface area contributed by atoms with E-state index < -0.39 is 0 Å². The Balaban J connectivity index is 2.83. The van der Waals surface area contributed by atoms with Crippen molar-refractivity contribution in [1.29, 1.82) is 0 Å². The van der Waals surface area contributed by atoms with Crippen LogP contribution in [0.25, 0.3) is 0 Å². The lowest BCUT2D eigenvalue weighted by Crippen LogP contribution is -2.09. The summed E-state index contributed by atoms with van der Waals surface area (Å²) in [7, 11) is 0. The van der Waals surface area contributed by atoms with Crippen molar-refractivity contribution in [2.75, 3.05) is 5.32 Å². The topological polar surface area (TPSA) is 29.1 Å². The number of benzene rings is 1. The molecule has 0 saturated carbocycles. The Morgan fingerprint density at radius 2 is 2.14 bits per heavy atom. The first-order valence-electron chi connectivity index (χ1n) is 4.75. The first-order chi connectivity index (χ1) is 6.67. The van der Waals surface area contributed by atoms with E-state index in [1.165, 1.54) is 5.56 Å². The Bertz CT molecular complexity index is 336. The van der Waals surface area contributed by atoms with Gasteiger partial charge >= 0.3 is 0 Å². The first-order valence-corrected chi connectivity index (χ1v) is 5.55. The average Bonchev–Trinajstić information content (AvgIpc) is 2.20. The largest absolute Gasteiger partial charge is 0.325 e. The summed E-state index contributed by atoms with van der Waals surface area (Å²) in [5.74, 6) is 0.0370. The van der Waals surface area contributed by atoms with Crippen LogP contribution in [-0.4, -0.2) is 5.91 Å². The summed E-state index contributed by atoms with van der Waals surface area (Å²) in [4.78, 5) is 11.2. The van der Waals surface area contributed by atoms with Gasteiger partial charge < -0.3 is 5.32 Å². The summed E-state index contributed by atoms with van der Waals surface area (Å²) < 4.78 is 0.943. The van der Waals surface area contributed by atoms with Crippen molar-refractivity contribution in [2.45, 2.75) is 26.7 Å². The molecule has 0 aromatic heterocycles. The summed E-state index contributed by atoms with van der Waals surface area (Å²) in [6, 6.07) is 5.98. The van der Waals surface area contributed by atoms with E-state index in [4.69, 9.17) is 0 Å². The zero-order valence-electron chi connectivity index (χ0n) is 8.43. The van der Waals surface area contributed by atoms with Crippen LogP contribution in [0.1, 0.15) is 25.8 Å². The van der Waals surface area contributed by atoms with Crippen molar-refractivity contribution in [2.24, 2.45) is 0 Å². The normalized spacial score (nSPS) is 9.93. The molecule has 1 aromatic carbocycles. The quantitative estimate of drug-likeness (QED) is 0.882. The van der Waals surface area contributed by atoms with Gasteiger partial charge in [-0.1, -0.05) is 19.9 Å². The van der Waals surface area contributed by atoms with E-state index in [2.05, 4.69) is 28.2 Å². The Labute approximate surface area is 92.8 Å². The highest BCUT2D eigenvalue weighted by Crippen LogP contribution is 2.23. The maximum absolute atomic E-state index is 11.2. The van der Waals surface area contributed by atoms with Crippen molar-refractivity contribution in [3.05, 3.63) is 28.2 Å². The van der Waals surface area contributed by atoms with E-state index in [-0.39, 0.29) is 5.91 Å². The highest BCUT2D eigenvalue weighted by Gasteiger charge is 2.03. The van der Waals surface area contributed by atoms with Crippen LogP contribution >= 0.6 is 15.9 Å². The molecule has 0 spiro atoms. The number of rotatable bonds is 3. The average molecular weight is 256 g/mol. The number of amides is 1. The minimum absolute atomic E-state index is 0.0370. The standard InChI is InChI=1S/C11H14BrNO/c1-3-8-5-6-10(9(12)7-8)13-11(14)4-2/h5-7H,3-4H2,1-2H3,(H,13,14). The number of hydrogen-bond donors (Lipinski definition) is 1. The third-order valence-corrected chi connectivity index (χ3v) is 2.69. The Morgan fingerprint density at radius 3 is 2.64 bits per heavy atom. The monoisotopic (exact) mass is 255 g/mol. The zero-order valence-corrected chi connectivity index (χ0v) is 10.0. The van der Waals surface area contributed by atoms with Crippen LogP contribution in [0.15, 0.2) is 22.7 Å². The zero-order chi connectivity index (χ0) is 10.6. The molecule has 1 rings (SSSR count). The van der Waals surface area contributed by atoms with Gasteiger partial charge in [0.15, 0.2) is 0 Å². The second-order valence-electron chi connectivity index (χ2n) is 3.07. The van der Waals surface area contributed by atoms with E-state index in [9.17, 15) is 4.79 Å². The smallest absolute Gasteiger partial charge is 0.224 e. The molecule has 0 heterocycles. The summed E-state index contributed by atoms with van der Waals surface area (Å²) in [6.07, 6.45) is 1.50. The molecular weight excluding hydrogens is 242 g/mol. The molecule has 0 radical (unpaired) electrons. The fourth-order valence-corrected chi connectivity index (χ4v) is 1.64. The summed E-state index contributed by atoms with van der Waals surface area (Å²) in [6.45, 7) is 3.94. The van der Waals surface area contributed by atoms with E-state index in [0.717, 1.165) is 16.6 Å². The number of nitrogens with one attached hydrogen (secondary N) is 1. The maximum Gasteiger partial charge on any atom is 0.224 e. The maximum atomic E-state index is 11.2. The number of anilines is 1. The highest BCUT2D eigenvalue weighted by atomic mass is 79.9. The molecule has 3 heteroatoms. The molecule has 0 fully saturated rings. The molecule has 1 aromatic rings. The Hall–Kier alpha value is -0.830. The predicted octanol–water partition coefficient (Wildman–Crippen LogP) is 3.36. The predicted molar refractivity (Wildman–Crippen MR) is 62.4 cm³/mol. The third kappa shape index (κ3) is 2.84. The molecule has 14 heavy (non-hydrogen) atoms. The first kappa shape index (κ1) is 11.2. The molecule has 2 nitrogen and oxygen atoms in total. The van der Waals surface area contributed by atoms with Crippen LogP contribution in [0.3, 0.4) is 0 Å². The van der Waals surface area contributed by atoms with Crippen molar-refractivity contribution >= 4 is 27.5 Å². The van der Waals surface area contributed by atoms with Gasteiger partial charge in [0.2, 0.25) is 5.91 Å². The van der Waals surface area contributed by atoms with Crippen LogP contribution < -0.4 is 5.32 Å². The van der Waals surface area contributed by atoms with Gasteiger partial charge in [-0.3, -0.25) is 4.79 Å². The number of halogens is 1. The molecule has 0 aliphatic rings. The molecule has 0 aliphatic heterocycles. The van der Waals surface area contributed by atoms with Crippen LogP contribution in [0.4, 0.5) is 5.69 Å². The van der Waals surface area contributed by atoms with Crippen LogP contribution in [0.5, 0.6) is 0 Å². The molecule has 0 atom stereocenters. The lowest BCUT2D eigenvalue weighted by atomic mass is 10.1. The molecule has 1 N–H and O–H groups in total. The molecule has 76 valence electrons. The molecular formula is C11H14BrNO. The Morgan fingerprint density at radius 1 is 1.43 bits per heavy atom. The summed E-state index contributed by atoms with van der Waals surface area (Å²) in [5.41, 5.74) is 2.10. The summed E-state index contributed by atoms with van der Waals surface area (Å²) in [5, 5.41) is 2.83. The highest BCUT2D eigenvalue weighted by molar-refractivity contribution is 9.10. The van der Waals surface area contributed by atoms with Crippen LogP contribution in [-0.2, 0) is 11.2 Å². The van der Waals surface area contributed by atoms with Gasteiger partial charge in [0, 0.05) is 10.9 Å². The van der Waals surface area contributed by atoms with E-state index in [1.807, 2.05) is 25.1 Å². The number of carbonyl (C=O) groups is 1. The number of aryl methyl sites for hydroxylation is 1. The molecule has 0 bridgehead atoms. The lowest BCUT2D eigenvalue weighted by Gasteiger charge is -2.07. The second-order valence-corrected chi connectivity index (χ2v) is 3.92. The van der Waals surface area contributed by atoms with Gasteiger partial charge in [-0.2, -0.15) is 0 Å². The SMILES string of the molecule is CCC(=O)Nc1ccc(CC)cc1Br. The van der Waals surface area contributed by atoms with Crippen LogP contribution in [0, 0.1) is 0 Å². The minimum atomic E-state index is 0.0370. The van der Waals surface area contributed by atoms with Gasteiger partial charge in [-0.05, 0) is 40.0 Å². The minimum Gasteiger partial charge on any atom is -0.325 e. The second kappa shape index (κ2) is 5.15. The van der Waals surface area contributed by atoms with Crippen molar-refractivity contribution in [3.63, 3.8) is 0 Å². The fraction of sp³-hybridized carbons (Fsp3) is 0.364. The third-order valence-electron chi connectivity index (χ3n) is 2.04. The van der Waals surface area contributed by atoms with Crippen molar-refractivity contribution in [3.8, 4) is 0 Å². The lowest BCUT2D eigenvalue weighted by molar-refractivity contribution is -0.115. The van der Waals surface area contributed by atoms with E-state index in [1.54, 1.807) is 0 Å². The van der Waals surface area contributed by atoms with Crippen molar-refractivity contribution < 1.29 is 4.79 Å². The molecule has 0 aliphatic carbocycles. The molecule has 0 unspecified atom stereocenters. The van der Waals surface area contributed by atoms with Crippen LogP contribution in [0.2, 0.25) is 0 Å². The molecule has 1 amide bonds. The van der Waals surface area contributed by atoms with Gasteiger partial charge in [0.05, 0.1) is 5.69 Å². The number of hydrogen-bond acceptors (Lipinski definition) is 1. The van der Waals surface area contributed by atoms with Crippen molar-refractivity contribution in [1.82, 2.24) is 0 Å². The summed E-state index contributed by atoms with van der Waals surface area (Å²) >= 11 is 3.43. The van der Waals surface area contributed by atoms with Gasteiger partial charge in [-0.25, -0.2) is 0 Å². The van der Waals surface area contributed by atoms with Gasteiger partial charge in [-0.15, -0.1) is 0 Å². The fourth-order valence-electron chi connectivity index (χ4n) is 1.12. The molecule has 0 saturated heterocycles. The number of carbonyl (C=O) groups excluding carboxylic acids is 1. The van der Waals surface area contributed by atoms with Gasteiger partial charge in [0.1, 0.15) is 0 Å². The van der Waals surface area contributed by atoms with E-state index in [0.29, 0.717) is 6.42 Å².